The Labute approximate surface area is 126 Å². The van der Waals surface area contributed by atoms with Crippen molar-refractivity contribution in [2.75, 3.05) is 6.54 Å². The molecule has 2 aromatic rings. The third-order valence-corrected chi connectivity index (χ3v) is 3.99. The molecule has 1 N–H and O–H groups in total. The Balaban J connectivity index is 2.40. The minimum absolute atomic E-state index is 0.152. The molecule has 2 aromatic heterocycles. The average Bonchev–Trinajstić information content (AvgIpc) is 2.81. The molecule has 0 atom stereocenters. The average molecular weight is 366 g/mol. The number of thiazole rings is 1. The summed E-state index contributed by atoms with van der Waals surface area (Å²) < 4.78 is 39.6. The first-order chi connectivity index (χ1) is 9.41. The van der Waals surface area contributed by atoms with Crippen LogP contribution in [-0.2, 0) is 12.7 Å². The van der Waals surface area contributed by atoms with Gasteiger partial charge in [0.25, 0.3) is 0 Å². The Kier molecular flexibility index (Phi) is 4.77. The van der Waals surface area contributed by atoms with E-state index < -0.39 is 11.9 Å². The molecular formula is C12H11BrF3N3S. The maximum atomic E-state index is 13.0. The molecule has 0 saturated carbocycles. The molecule has 0 aliphatic heterocycles. The van der Waals surface area contributed by atoms with Crippen molar-refractivity contribution in [1.82, 2.24) is 15.3 Å². The highest BCUT2D eigenvalue weighted by atomic mass is 79.9. The summed E-state index contributed by atoms with van der Waals surface area (Å²) in [6, 6.07) is 3.36. The van der Waals surface area contributed by atoms with Crippen LogP contribution in [0.2, 0.25) is 0 Å². The summed E-state index contributed by atoms with van der Waals surface area (Å²) in [6.07, 6.45) is -2.91. The van der Waals surface area contributed by atoms with Gasteiger partial charge in [0.15, 0.2) is 5.69 Å². The van der Waals surface area contributed by atoms with Crippen LogP contribution >= 0.6 is 27.3 Å². The number of halogens is 4. The Morgan fingerprint density at radius 3 is 2.65 bits per heavy atom. The third-order valence-electron chi connectivity index (χ3n) is 2.45. The van der Waals surface area contributed by atoms with Crippen LogP contribution in [0.1, 0.15) is 17.5 Å². The number of rotatable bonds is 4. The smallest absolute Gasteiger partial charge is 0.312 e. The van der Waals surface area contributed by atoms with Gasteiger partial charge in [0.1, 0.15) is 5.01 Å². The summed E-state index contributed by atoms with van der Waals surface area (Å²) in [5.74, 6) is 0. The Morgan fingerprint density at radius 1 is 1.35 bits per heavy atom. The van der Waals surface area contributed by atoms with Gasteiger partial charge in [-0.3, -0.25) is 4.98 Å². The van der Waals surface area contributed by atoms with E-state index in [1.807, 2.05) is 6.92 Å². The molecule has 0 amide bonds. The van der Waals surface area contributed by atoms with Crippen molar-refractivity contribution in [2.24, 2.45) is 0 Å². The zero-order valence-corrected chi connectivity index (χ0v) is 12.9. The first-order valence-corrected chi connectivity index (χ1v) is 7.42. The van der Waals surface area contributed by atoms with Crippen LogP contribution in [0.5, 0.6) is 0 Å². The summed E-state index contributed by atoms with van der Waals surface area (Å²) in [5, 5.41) is 3.17. The maximum Gasteiger partial charge on any atom is 0.434 e. The Morgan fingerprint density at radius 2 is 2.10 bits per heavy atom. The minimum atomic E-state index is -4.45. The molecule has 0 aromatic carbocycles. The lowest BCUT2D eigenvalue weighted by molar-refractivity contribution is -0.141. The van der Waals surface area contributed by atoms with Gasteiger partial charge in [-0.05, 0) is 34.6 Å². The first kappa shape index (κ1) is 15.4. The fraction of sp³-hybridized carbons (Fsp3) is 0.333. The molecule has 0 radical (unpaired) electrons. The Hall–Kier alpha value is -0.990. The van der Waals surface area contributed by atoms with Crippen LogP contribution in [0.15, 0.2) is 22.8 Å². The van der Waals surface area contributed by atoms with E-state index in [2.05, 4.69) is 31.2 Å². The lowest BCUT2D eigenvalue weighted by atomic mass is 10.3. The molecule has 8 heteroatoms. The van der Waals surface area contributed by atoms with Crippen molar-refractivity contribution in [3.63, 3.8) is 0 Å². The minimum Gasteiger partial charge on any atom is -0.312 e. The van der Waals surface area contributed by atoms with Gasteiger partial charge in [0, 0.05) is 17.2 Å². The fourth-order valence-electron chi connectivity index (χ4n) is 1.54. The summed E-state index contributed by atoms with van der Waals surface area (Å²) in [4.78, 5) is 7.97. The van der Waals surface area contributed by atoms with Gasteiger partial charge in [-0.15, -0.1) is 11.3 Å². The summed E-state index contributed by atoms with van der Waals surface area (Å²) in [5.41, 5.74) is -0.394. The molecule has 20 heavy (non-hydrogen) atoms. The second kappa shape index (κ2) is 6.19. The molecule has 0 unspecified atom stereocenters. The highest BCUT2D eigenvalue weighted by molar-refractivity contribution is 9.10. The molecule has 0 aliphatic rings. The van der Waals surface area contributed by atoms with E-state index in [9.17, 15) is 13.2 Å². The van der Waals surface area contributed by atoms with Crippen molar-refractivity contribution in [3.8, 4) is 10.7 Å². The van der Waals surface area contributed by atoms with Gasteiger partial charge in [-0.25, -0.2) is 4.98 Å². The maximum absolute atomic E-state index is 13.0. The van der Waals surface area contributed by atoms with Crippen molar-refractivity contribution >= 4 is 27.3 Å². The number of nitrogens with one attached hydrogen (secondary N) is 1. The standard InChI is InChI=1S/C12H11BrF3N3S/c1-2-17-6-9-10(12(14,15)16)19-11(20-9)8-4-3-7(13)5-18-8/h3-5,17H,2,6H2,1H3. The molecule has 108 valence electrons. The number of hydrogen-bond donors (Lipinski definition) is 1. The predicted molar refractivity (Wildman–Crippen MR) is 75.4 cm³/mol. The van der Waals surface area contributed by atoms with E-state index in [1.54, 1.807) is 12.1 Å². The van der Waals surface area contributed by atoms with Gasteiger partial charge >= 0.3 is 6.18 Å². The molecule has 2 rings (SSSR count). The van der Waals surface area contributed by atoms with E-state index in [0.717, 1.165) is 15.8 Å². The van der Waals surface area contributed by atoms with Crippen LogP contribution in [0.25, 0.3) is 10.7 Å². The van der Waals surface area contributed by atoms with E-state index >= 15 is 0 Å². The quantitative estimate of drug-likeness (QED) is 0.886. The van der Waals surface area contributed by atoms with E-state index in [1.165, 1.54) is 6.20 Å². The van der Waals surface area contributed by atoms with E-state index in [-0.39, 0.29) is 16.4 Å². The zero-order valence-electron chi connectivity index (χ0n) is 10.5. The number of aromatic nitrogens is 2. The number of nitrogens with zero attached hydrogens (tertiary/aromatic N) is 2. The lowest BCUT2D eigenvalue weighted by Crippen LogP contribution is -2.15. The Bertz CT molecular complexity index is 581. The largest absolute Gasteiger partial charge is 0.434 e. The number of alkyl halides is 3. The normalized spacial score (nSPS) is 11.8. The molecule has 0 bridgehead atoms. The zero-order chi connectivity index (χ0) is 14.8. The summed E-state index contributed by atoms with van der Waals surface area (Å²) in [7, 11) is 0. The van der Waals surface area contributed by atoms with Crippen LogP contribution in [0, 0.1) is 0 Å². The van der Waals surface area contributed by atoms with Gasteiger partial charge in [0.05, 0.1) is 10.6 Å². The van der Waals surface area contributed by atoms with Gasteiger partial charge in [0.2, 0.25) is 0 Å². The molecular weight excluding hydrogens is 355 g/mol. The summed E-state index contributed by atoms with van der Waals surface area (Å²) in [6.45, 7) is 2.59. The van der Waals surface area contributed by atoms with Gasteiger partial charge in [-0.1, -0.05) is 6.92 Å². The van der Waals surface area contributed by atoms with Crippen molar-refractivity contribution < 1.29 is 13.2 Å². The molecule has 0 spiro atoms. The molecule has 0 aliphatic carbocycles. The third kappa shape index (κ3) is 3.56. The first-order valence-electron chi connectivity index (χ1n) is 5.81. The SMILES string of the molecule is CCNCc1sc(-c2ccc(Br)cn2)nc1C(F)(F)F. The van der Waals surface area contributed by atoms with E-state index in [4.69, 9.17) is 0 Å². The second-order valence-electron chi connectivity index (χ2n) is 3.93. The summed E-state index contributed by atoms with van der Waals surface area (Å²) >= 11 is 4.25. The topological polar surface area (TPSA) is 37.8 Å². The number of pyridine rings is 1. The molecule has 3 nitrogen and oxygen atoms in total. The number of hydrogen-bond acceptors (Lipinski definition) is 4. The van der Waals surface area contributed by atoms with Crippen LogP contribution < -0.4 is 5.32 Å². The van der Waals surface area contributed by atoms with Crippen molar-refractivity contribution in [3.05, 3.63) is 33.4 Å². The highest BCUT2D eigenvalue weighted by Gasteiger charge is 2.37. The van der Waals surface area contributed by atoms with Crippen LogP contribution in [0.4, 0.5) is 13.2 Å². The predicted octanol–water partition coefficient (Wildman–Crippen LogP) is 4.10. The molecule has 0 saturated heterocycles. The van der Waals surface area contributed by atoms with Gasteiger partial charge < -0.3 is 5.32 Å². The molecule has 0 fully saturated rings. The van der Waals surface area contributed by atoms with Crippen LogP contribution in [0.3, 0.4) is 0 Å². The second-order valence-corrected chi connectivity index (χ2v) is 5.93. The van der Waals surface area contributed by atoms with Crippen LogP contribution in [-0.4, -0.2) is 16.5 Å². The van der Waals surface area contributed by atoms with Crippen molar-refractivity contribution in [2.45, 2.75) is 19.6 Å². The lowest BCUT2D eigenvalue weighted by Gasteiger charge is -2.05. The van der Waals surface area contributed by atoms with E-state index in [0.29, 0.717) is 12.2 Å². The monoisotopic (exact) mass is 365 g/mol. The molecule has 2 heterocycles. The highest BCUT2D eigenvalue weighted by Crippen LogP contribution is 2.37. The van der Waals surface area contributed by atoms with Gasteiger partial charge in [-0.2, -0.15) is 13.2 Å². The fourth-order valence-corrected chi connectivity index (χ4v) is 2.81. The van der Waals surface area contributed by atoms with Crippen molar-refractivity contribution in [1.29, 1.82) is 0 Å².